The number of carbonyl (C=O) groups is 2. The van der Waals surface area contributed by atoms with Crippen LogP contribution in [-0.4, -0.2) is 26.6 Å². The van der Waals surface area contributed by atoms with Crippen LogP contribution in [0.4, 0.5) is 30.7 Å². The molecule has 3 N–H and O–H groups in total. The molecule has 14 heteroatoms. The molecule has 0 aliphatic heterocycles. The smallest absolute Gasteiger partial charge is 0.290 e. The second kappa shape index (κ2) is 11.7. The highest BCUT2D eigenvalue weighted by molar-refractivity contribution is 5.94. The number of alkyl halides is 4. The van der Waals surface area contributed by atoms with Crippen LogP contribution >= 0.6 is 0 Å². The number of hydrogen-bond acceptors (Lipinski definition) is 4. The van der Waals surface area contributed by atoms with E-state index in [0.717, 1.165) is 18.2 Å². The van der Waals surface area contributed by atoms with Crippen molar-refractivity contribution in [3.8, 4) is 11.1 Å². The molecule has 4 aromatic rings. The number of benzene rings is 2. The summed E-state index contributed by atoms with van der Waals surface area (Å²) in [6.45, 7) is 0.490. The lowest BCUT2D eigenvalue weighted by Crippen LogP contribution is -2.35. The fourth-order valence-electron chi connectivity index (χ4n) is 5.60. The maximum absolute atomic E-state index is 14.8. The van der Waals surface area contributed by atoms with E-state index in [2.05, 4.69) is 15.4 Å². The van der Waals surface area contributed by atoms with Gasteiger partial charge in [-0.15, -0.1) is 0 Å². The third-order valence-corrected chi connectivity index (χ3v) is 7.33. The van der Waals surface area contributed by atoms with E-state index >= 15 is 0 Å². The molecule has 2 aromatic heterocycles. The number of nitrogens with one attached hydrogen (secondary N) is 1. The van der Waals surface area contributed by atoms with Crippen molar-refractivity contribution in [1.29, 1.82) is 0 Å². The first-order valence-corrected chi connectivity index (χ1v) is 13.3. The number of nitrogens with two attached hydrogens (primary N) is 1. The largest absolute Gasteiger partial charge is 0.366 e. The number of aromatic nitrogens is 3. The van der Waals surface area contributed by atoms with Gasteiger partial charge in [-0.2, -0.15) is 13.9 Å². The molecule has 0 bridgehead atoms. The normalized spacial score (nSPS) is 16.2. The van der Waals surface area contributed by atoms with Crippen molar-refractivity contribution in [1.82, 2.24) is 20.1 Å². The number of carbonyl (C=O) groups excluding carboxylic acids is 2. The van der Waals surface area contributed by atoms with Gasteiger partial charge in [0.1, 0.15) is 35.4 Å². The number of pyridine rings is 1. The molecule has 0 unspecified atom stereocenters. The van der Waals surface area contributed by atoms with E-state index in [4.69, 9.17) is 5.73 Å². The number of primary amides is 1. The first-order valence-electron chi connectivity index (χ1n) is 13.3. The second-order valence-electron chi connectivity index (χ2n) is 10.5. The summed E-state index contributed by atoms with van der Waals surface area (Å²) in [5.74, 6) is -9.11. The topological polar surface area (TPSA) is 103 Å². The van der Waals surface area contributed by atoms with Gasteiger partial charge < -0.3 is 11.1 Å². The molecule has 5 rings (SSSR count). The van der Waals surface area contributed by atoms with E-state index in [1.54, 1.807) is 0 Å². The highest BCUT2D eigenvalue weighted by Gasteiger charge is 2.50. The highest BCUT2D eigenvalue weighted by atomic mass is 19.3. The monoisotopic (exact) mass is 619 g/mol. The van der Waals surface area contributed by atoms with Gasteiger partial charge >= 0.3 is 0 Å². The Morgan fingerprint density at radius 1 is 1.07 bits per heavy atom. The van der Waals surface area contributed by atoms with Crippen molar-refractivity contribution < 1.29 is 40.3 Å². The average molecular weight is 620 g/mol. The zero-order valence-corrected chi connectivity index (χ0v) is 22.9. The molecular weight excluding hydrogens is 595 g/mol. The van der Waals surface area contributed by atoms with Gasteiger partial charge in [-0.3, -0.25) is 19.3 Å². The van der Waals surface area contributed by atoms with Gasteiger partial charge in [0.2, 0.25) is 5.91 Å². The van der Waals surface area contributed by atoms with Crippen LogP contribution in [0.15, 0.2) is 54.7 Å². The molecule has 2 aromatic carbocycles. The summed E-state index contributed by atoms with van der Waals surface area (Å²) < 4.78 is 100.0. The molecule has 1 aliphatic rings. The minimum Gasteiger partial charge on any atom is -0.366 e. The molecule has 2 amide bonds. The van der Waals surface area contributed by atoms with E-state index in [9.17, 15) is 40.3 Å². The minimum atomic E-state index is -3.51. The van der Waals surface area contributed by atoms with Crippen molar-refractivity contribution in [3.05, 3.63) is 106 Å². The molecular formula is C30H24F7N5O2. The Morgan fingerprint density at radius 3 is 2.43 bits per heavy atom. The molecule has 2 atom stereocenters. The number of rotatable bonds is 9. The van der Waals surface area contributed by atoms with Gasteiger partial charge in [0.05, 0.1) is 17.3 Å². The third kappa shape index (κ3) is 6.01. The number of nitrogens with zero attached hydrogens (tertiary/aromatic N) is 3. The van der Waals surface area contributed by atoms with E-state index in [-0.39, 0.29) is 34.4 Å². The molecule has 2 heterocycles. The van der Waals surface area contributed by atoms with Crippen LogP contribution in [0.2, 0.25) is 0 Å². The average Bonchev–Trinajstić information content (AvgIpc) is 3.43. The zero-order valence-electron chi connectivity index (χ0n) is 22.9. The Morgan fingerprint density at radius 2 is 1.77 bits per heavy atom. The van der Waals surface area contributed by atoms with E-state index in [1.165, 1.54) is 37.4 Å². The number of halogens is 7. The lowest BCUT2D eigenvalue weighted by atomic mass is 9.94. The molecule has 0 radical (unpaired) electrons. The minimum absolute atomic E-state index is 0.0849. The number of hydrogen-bond donors (Lipinski definition) is 2. The molecule has 0 fully saturated rings. The predicted molar refractivity (Wildman–Crippen MR) is 143 cm³/mol. The van der Waals surface area contributed by atoms with Crippen LogP contribution in [0.1, 0.15) is 70.3 Å². The summed E-state index contributed by atoms with van der Waals surface area (Å²) in [6, 6.07) is 8.04. The maximum Gasteiger partial charge on any atom is 0.290 e. The Kier molecular flexibility index (Phi) is 8.19. The molecule has 0 saturated heterocycles. The van der Waals surface area contributed by atoms with Crippen molar-refractivity contribution in [2.45, 2.75) is 50.6 Å². The molecule has 44 heavy (non-hydrogen) atoms. The maximum atomic E-state index is 14.8. The summed E-state index contributed by atoms with van der Waals surface area (Å²) in [5, 5.41) is 6.23. The summed E-state index contributed by atoms with van der Waals surface area (Å²) >= 11 is 0. The van der Waals surface area contributed by atoms with E-state index in [0.29, 0.717) is 10.7 Å². The van der Waals surface area contributed by atoms with E-state index in [1.807, 2.05) is 0 Å². The number of fused-ring (bicyclic) bond motifs is 1. The van der Waals surface area contributed by atoms with Gasteiger partial charge in [0, 0.05) is 29.8 Å². The van der Waals surface area contributed by atoms with Gasteiger partial charge in [0.15, 0.2) is 0 Å². The van der Waals surface area contributed by atoms with Crippen LogP contribution < -0.4 is 11.1 Å². The van der Waals surface area contributed by atoms with Crippen molar-refractivity contribution in [2.24, 2.45) is 5.73 Å². The van der Waals surface area contributed by atoms with Crippen LogP contribution in [0.3, 0.4) is 0 Å². The van der Waals surface area contributed by atoms with Crippen LogP contribution in [0.25, 0.3) is 11.1 Å². The lowest BCUT2D eigenvalue weighted by molar-refractivity contribution is -0.122. The standard InChI is InChI=1S/C30H24F7N5O2/c1-14-12-30(36,37)27-24(14)26(28(34)35)41-42(27)13-23(43)40-22(9-15-7-17(31)11-18(32)8-15)25-19(3-2-6-39-25)16-4-5-21(33)20(10-16)29(38)44/h2-8,10-11,14,22,28H,9,12-13H2,1H3,(H2,38,44)(H,40,43)/t14-,22+/m1/s1. The zero-order chi connectivity index (χ0) is 31.9. The summed E-state index contributed by atoms with van der Waals surface area (Å²) in [4.78, 5) is 29.4. The van der Waals surface area contributed by atoms with Gasteiger partial charge in [0.25, 0.3) is 18.3 Å². The molecule has 7 nitrogen and oxygen atoms in total. The van der Waals surface area contributed by atoms with Crippen molar-refractivity contribution in [2.75, 3.05) is 0 Å². The fraction of sp³-hybridized carbons (Fsp3) is 0.267. The van der Waals surface area contributed by atoms with E-state index < -0.39 is 83.5 Å². The Labute approximate surface area is 245 Å². The first-order chi connectivity index (χ1) is 20.7. The Hall–Kier alpha value is -4.75. The molecule has 0 spiro atoms. The Bertz CT molecular complexity index is 1740. The molecule has 1 aliphatic carbocycles. The SMILES string of the molecule is C[C@@H]1CC(F)(F)c2c1c(C(F)F)nn2CC(=O)N[C@@H](Cc1cc(F)cc(F)c1)c1ncccc1-c1ccc(F)c(C(N)=O)c1. The van der Waals surface area contributed by atoms with Gasteiger partial charge in [-0.25, -0.2) is 22.0 Å². The summed E-state index contributed by atoms with van der Waals surface area (Å²) in [6.07, 6.45) is -2.80. The fourth-order valence-corrected chi connectivity index (χ4v) is 5.60. The lowest BCUT2D eigenvalue weighted by Gasteiger charge is -2.22. The quantitative estimate of drug-likeness (QED) is 0.221. The third-order valence-electron chi connectivity index (χ3n) is 7.33. The summed E-state index contributed by atoms with van der Waals surface area (Å²) in [7, 11) is 0. The van der Waals surface area contributed by atoms with Crippen molar-refractivity contribution in [3.63, 3.8) is 0 Å². The van der Waals surface area contributed by atoms with Crippen LogP contribution in [-0.2, 0) is 23.7 Å². The first kappa shape index (κ1) is 30.7. The van der Waals surface area contributed by atoms with Gasteiger partial charge in [-0.05, 0) is 53.8 Å². The summed E-state index contributed by atoms with van der Waals surface area (Å²) in [5.41, 5.74) is 3.66. The second-order valence-corrected chi connectivity index (χ2v) is 10.5. The number of amides is 2. The highest BCUT2D eigenvalue weighted by Crippen LogP contribution is 2.50. The molecule has 230 valence electrons. The van der Waals surface area contributed by atoms with Crippen molar-refractivity contribution >= 4 is 11.8 Å². The Balaban J connectivity index is 1.55. The van der Waals surface area contributed by atoms with Gasteiger partial charge in [-0.1, -0.05) is 19.1 Å². The van der Waals surface area contributed by atoms with Crippen LogP contribution in [0.5, 0.6) is 0 Å². The molecule has 0 saturated carbocycles. The van der Waals surface area contributed by atoms with Crippen LogP contribution in [0, 0.1) is 17.5 Å². The predicted octanol–water partition coefficient (Wildman–Crippen LogP) is 6.10.